The highest BCUT2D eigenvalue weighted by Crippen LogP contribution is 2.36. The van der Waals surface area contributed by atoms with E-state index in [2.05, 4.69) is 15.3 Å². The summed E-state index contributed by atoms with van der Waals surface area (Å²) >= 11 is 1.25. The first-order valence-corrected chi connectivity index (χ1v) is 9.76. The van der Waals surface area contributed by atoms with Gasteiger partial charge in [0.05, 0.1) is 11.3 Å². The summed E-state index contributed by atoms with van der Waals surface area (Å²) in [6, 6.07) is 12.9. The molecular weight excluding hydrogens is 390 g/mol. The number of hydrogen-bond acceptors (Lipinski definition) is 6. The second kappa shape index (κ2) is 6.75. The molecule has 1 aliphatic heterocycles. The van der Waals surface area contributed by atoms with Gasteiger partial charge >= 0.3 is 0 Å². The van der Waals surface area contributed by atoms with Crippen LogP contribution in [0.2, 0.25) is 0 Å². The Labute approximate surface area is 169 Å². The van der Waals surface area contributed by atoms with E-state index < -0.39 is 11.7 Å². The van der Waals surface area contributed by atoms with Crippen molar-refractivity contribution in [3.05, 3.63) is 59.1 Å². The number of para-hydroxylation sites is 1. The van der Waals surface area contributed by atoms with E-state index in [4.69, 9.17) is 9.47 Å². The molecule has 2 aromatic heterocycles. The van der Waals surface area contributed by atoms with Crippen LogP contribution < -0.4 is 14.8 Å². The minimum Gasteiger partial charge on any atom is -0.454 e. The molecule has 0 aliphatic carbocycles. The maximum Gasteiger partial charge on any atom is 0.298 e. The molecule has 0 fully saturated rings. The van der Waals surface area contributed by atoms with E-state index in [-0.39, 0.29) is 6.79 Å². The van der Waals surface area contributed by atoms with Crippen LogP contribution in [0.25, 0.3) is 22.2 Å². The van der Waals surface area contributed by atoms with Crippen molar-refractivity contribution in [1.29, 1.82) is 0 Å². The molecule has 0 unspecified atom stereocenters. The fraction of sp³-hybridized carbons (Fsp3) is 0.0952. The van der Waals surface area contributed by atoms with Crippen LogP contribution in [0.1, 0.15) is 16.1 Å². The SMILES string of the molecule is Cc1[nH]c2ccccc2c1C(=O)C(=O)Nc1nc(-c2ccc3c(c2)OCO3)cs1. The number of ketones is 1. The molecule has 0 saturated heterocycles. The molecule has 0 spiro atoms. The van der Waals surface area contributed by atoms with Gasteiger partial charge in [-0.1, -0.05) is 18.2 Å². The van der Waals surface area contributed by atoms with E-state index >= 15 is 0 Å². The van der Waals surface area contributed by atoms with Crippen molar-refractivity contribution in [2.75, 3.05) is 12.1 Å². The summed E-state index contributed by atoms with van der Waals surface area (Å²) in [6.45, 7) is 1.98. The van der Waals surface area contributed by atoms with Crippen molar-refractivity contribution in [3.8, 4) is 22.8 Å². The molecule has 0 atom stereocenters. The molecule has 5 rings (SSSR count). The van der Waals surface area contributed by atoms with Gasteiger partial charge < -0.3 is 14.5 Å². The molecule has 0 bridgehead atoms. The molecule has 4 aromatic rings. The van der Waals surface area contributed by atoms with Crippen LogP contribution in [0.3, 0.4) is 0 Å². The second-order valence-electron chi connectivity index (χ2n) is 6.56. The number of carbonyl (C=O) groups excluding carboxylic acids is 2. The van der Waals surface area contributed by atoms with Gasteiger partial charge in [-0.3, -0.25) is 14.9 Å². The smallest absolute Gasteiger partial charge is 0.298 e. The largest absolute Gasteiger partial charge is 0.454 e. The van der Waals surface area contributed by atoms with Gasteiger partial charge in [-0.05, 0) is 31.2 Å². The summed E-state index contributed by atoms with van der Waals surface area (Å²) in [6.07, 6.45) is 0. The van der Waals surface area contributed by atoms with Crippen LogP contribution in [-0.4, -0.2) is 28.5 Å². The number of nitrogens with zero attached hydrogens (tertiary/aromatic N) is 1. The molecule has 0 saturated carbocycles. The van der Waals surface area contributed by atoms with Gasteiger partial charge in [0.2, 0.25) is 6.79 Å². The molecule has 1 amide bonds. The van der Waals surface area contributed by atoms with Gasteiger partial charge in [0.15, 0.2) is 16.6 Å². The fourth-order valence-corrected chi connectivity index (χ4v) is 4.07. The van der Waals surface area contributed by atoms with E-state index in [0.29, 0.717) is 33.6 Å². The van der Waals surface area contributed by atoms with Crippen molar-refractivity contribution >= 4 is 39.1 Å². The molecular formula is C21H15N3O4S. The van der Waals surface area contributed by atoms with E-state index in [1.807, 2.05) is 47.8 Å². The Kier molecular flexibility index (Phi) is 4.06. The van der Waals surface area contributed by atoms with E-state index in [1.54, 1.807) is 6.92 Å². The first-order chi connectivity index (χ1) is 14.1. The molecule has 7 nitrogen and oxygen atoms in total. The normalized spacial score (nSPS) is 12.3. The molecule has 144 valence electrons. The lowest BCUT2D eigenvalue weighted by Gasteiger charge is -2.02. The molecule has 1 aliphatic rings. The van der Waals surface area contributed by atoms with Gasteiger partial charge in [0, 0.05) is 27.5 Å². The number of fused-ring (bicyclic) bond motifs is 2. The Hall–Kier alpha value is -3.65. The monoisotopic (exact) mass is 405 g/mol. The minimum absolute atomic E-state index is 0.201. The first-order valence-electron chi connectivity index (χ1n) is 8.88. The number of aryl methyl sites for hydroxylation is 1. The van der Waals surface area contributed by atoms with Crippen LogP contribution >= 0.6 is 11.3 Å². The van der Waals surface area contributed by atoms with Crippen LogP contribution in [0, 0.1) is 6.92 Å². The number of anilines is 1. The second-order valence-corrected chi connectivity index (χ2v) is 7.42. The zero-order chi connectivity index (χ0) is 20.0. The molecule has 29 heavy (non-hydrogen) atoms. The minimum atomic E-state index is -0.718. The number of H-pyrrole nitrogens is 1. The molecule has 3 heterocycles. The zero-order valence-corrected chi connectivity index (χ0v) is 16.1. The van der Waals surface area contributed by atoms with E-state index in [9.17, 15) is 9.59 Å². The Morgan fingerprint density at radius 1 is 1.14 bits per heavy atom. The number of aromatic nitrogens is 2. The van der Waals surface area contributed by atoms with Crippen LogP contribution in [-0.2, 0) is 4.79 Å². The third-order valence-electron chi connectivity index (χ3n) is 4.72. The summed E-state index contributed by atoms with van der Waals surface area (Å²) in [5.41, 5.74) is 3.38. The van der Waals surface area contributed by atoms with E-state index in [0.717, 1.165) is 16.5 Å². The average Bonchev–Trinajstić information content (AvgIpc) is 3.44. The Bertz CT molecular complexity index is 1270. The van der Waals surface area contributed by atoms with Crippen LogP contribution in [0.15, 0.2) is 47.8 Å². The van der Waals surface area contributed by atoms with Gasteiger partial charge in [-0.2, -0.15) is 0 Å². The Morgan fingerprint density at radius 3 is 2.86 bits per heavy atom. The number of rotatable bonds is 4. The van der Waals surface area contributed by atoms with Crippen molar-refractivity contribution in [2.24, 2.45) is 0 Å². The number of thiazole rings is 1. The van der Waals surface area contributed by atoms with Crippen molar-refractivity contribution in [2.45, 2.75) is 6.92 Å². The highest BCUT2D eigenvalue weighted by atomic mass is 32.1. The lowest BCUT2D eigenvalue weighted by Crippen LogP contribution is -2.23. The summed E-state index contributed by atoms with van der Waals surface area (Å²) in [5, 5.41) is 5.51. The maximum absolute atomic E-state index is 12.8. The number of amides is 1. The molecule has 0 radical (unpaired) electrons. The summed E-state index contributed by atoms with van der Waals surface area (Å²) in [4.78, 5) is 32.9. The van der Waals surface area contributed by atoms with Crippen molar-refractivity contribution < 1.29 is 19.1 Å². The van der Waals surface area contributed by atoms with Crippen LogP contribution in [0.5, 0.6) is 11.5 Å². The lowest BCUT2D eigenvalue weighted by molar-refractivity contribution is -0.112. The van der Waals surface area contributed by atoms with Crippen molar-refractivity contribution in [1.82, 2.24) is 9.97 Å². The molecule has 8 heteroatoms. The summed E-state index contributed by atoms with van der Waals surface area (Å²) < 4.78 is 10.7. The Morgan fingerprint density at radius 2 is 1.97 bits per heavy atom. The summed E-state index contributed by atoms with van der Waals surface area (Å²) in [7, 11) is 0. The van der Waals surface area contributed by atoms with E-state index in [1.165, 1.54) is 11.3 Å². The third kappa shape index (κ3) is 3.03. The van der Waals surface area contributed by atoms with Crippen LogP contribution in [0.4, 0.5) is 5.13 Å². The average molecular weight is 405 g/mol. The number of carbonyl (C=O) groups is 2. The topological polar surface area (TPSA) is 93.3 Å². The number of ether oxygens (including phenoxy) is 2. The number of aromatic amines is 1. The van der Waals surface area contributed by atoms with Gasteiger partial charge in [0.1, 0.15) is 0 Å². The quantitative estimate of drug-likeness (QED) is 0.393. The Balaban J connectivity index is 1.37. The van der Waals surface area contributed by atoms with Gasteiger partial charge in [-0.25, -0.2) is 4.98 Å². The molecule has 2 N–H and O–H groups in total. The van der Waals surface area contributed by atoms with Crippen molar-refractivity contribution in [3.63, 3.8) is 0 Å². The predicted molar refractivity (Wildman–Crippen MR) is 110 cm³/mol. The highest BCUT2D eigenvalue weighted by molar-refractivity contribution is 7.14. The third-order valence-corrected chi connectivity index (χ3v) is 5.48. The predicted octanol–water partition coefficient (Wildman–Crippen LogP) is 4.15. The first kappa shape index (κ1) is 17.4. The molecule has 2 aromatic carbocycles. The summed E-state index contributed by atoms with van der Waals surface area (Å²) in [5.74, 6) is 0.0347. The number of benzene rings is 2. The standard InChI is InChI=1S/C21H15N3O4S/c1-11-18(13-4-2-3-5-14(13)22-11)19(25)20(26)24-21-23-15(9-29-21)12-6-7-16-17(8-12)28-10-27-16/h2-9,22H,10H2,1H3,(H,23,24,26). The van der Waals surface area contributed by atoms with Gasteiger partial charge in [0.25, 0.3) is 11.7 Å². The lowest BCUT2D eigenvalue weighted by atomic mass is 10.1. The number of hydrogen-bond donors (Lipinski definition) is 2. The number of nitrogens with one attached hydrogen (secondary N) is 2. The highest BCUT2D eigenvalue weighted by Gasteiger charge is 2.23. The number of Topliss-reactive ketones (excluding diaryl/α,β-unsaturated/α-hetero) is 1. The zero-order valence-electron chi connectivity index (χ0n) is 15.3. The fourth-order valence-electron chi connectivity index (χ4n) is 3.36. The maximum atomic E-state index is 12.8. The van der Waals surface area contributed by atoms with Gasteiger partial charge in [-0.15, -0.1) is 11.3 Å².